The Labute approximate surface area is 84.1 Å². The van der Waals surface area contributed by atoms with Crippen LogP contribution in [0.2, 0.25) is 0 Å². The Kier molecular flexibility index (Phi) is 3.14. The lowest BCUT2D eigenvalue weighted by atomic mass is 9.85. The number of nitrogens with zero attached hydrogens (tertiary/aromatic N) is 2. The smallest absolute Gasteiger partial charge is 0.227 e. The zero-order valence-electron chi connectivity index (χ0n) is 8.62. The molecule has 14 heavy (non-hydrogen) atoms. The van der Waals surface area contributed by atoms with Gasteiger partial charge in [-0.25, -0.2) is 0 Å². The summed E-state index contributed by atoms with van der Waals surface area (Å²) in [4.78, 5) is 4.39. The minimum atomic E-state index is 0.576. The van der Waals surface area contributed by atoms with Gasteiger partial charge in [-0.1, -0.05) is 18.5 Å². The predicted octanol–water partition coefficient (Wildman–Crippen LogP) is 1.49. The summed E-state index contributed by atoms with van der Waals surface area (Å²) >= 11 is 0. The van der Waals surface area contributed by atoms with Crippen LogP contribution < -0.4 is 5.32 Å². The van der Waals surface area contributed by atoms with E-state index >= 15 is 0 Å². The molecule has 2 rings (SSSR count). The van der Waals surface area contributed by atoms with Crippen LogP contribution in [-0.2, 0) is 6.42 Å². The second-order valence-corrected chi connectivity index (χ2v) is 3.78. The lowest BCUT2D eigenvalue weighted by Crippen LogP contribution is -2.16. The summed E-state index contributed by atoms with van der Waals surface area (Å²) in [5.74, 6) is 2.27. The van der Waals surface area contributed by atoms with Crippen LogP contribution in [0.25, 0.3) is 0 Å². The molecule has 0 unspecified atom stereocenters. The van der Waals surface area contributed by atoms with Gasteiger partial charge in [-0.3, -0.25) is 0 Å². The van der Waals surface area contributed by atoms with Crippen LogP contribution in [0.4, 0.5) is 0 Å². The summed E-state index contributed by atoms with van der Waals surface area (Å²) in [6.45, 7) is 4.00. The van der Waals surface area contributed by atoms with Crippen LogP contribution in [0.15, 0.2) is 4.52 Å². The molecule has 0 saturated heterocycles. The van der Waals surface area contributed by atoms with E-state index in [9.17, 15) is 0 Å². The van der Waals surface area contributed by atoms with E-state index in [1.807, 2.05) is 0 Å². The van der Waals surface area contributed by atoms with Crippen LogP contribution in [0, 0.1) is 0 Å². The molecule has 0 aromatic carbocycles. The van der Waals surface area contributed by atoms with Crippen molar-refractivity contribution < 1.29 is 4.52 Å². The summed E-state index contributed by atoms with van der Waals surface area (Å²) in [6, 6.07) is 0. The van der Waals surface area contributed by atoms with Crippen molar-refractivity contribution in [2.75, 3.05) is 13.1 Å². The summed E-state index contributed by atoms with van der Waals surface area (Å²) in [7, 11) is 0. The van der Waals surface area contributed by atoms with Gasteiger partial charge in [0.25, 0.3) is 0 Å². The summed E-state index contributed by atoms with van der Waals surface area (Å²) in [5.41, 5.74) is 0. The highest BCUT2D eigenvalue weighted by molar-refractivity contribution is 4.99. The lowest BCUT2D eigenvalue weighted by Gasteiger charge is -2.20. The van der Waals surface area contributed by atoms with E-state index in [1.165, 1.54) is 19.3 Å². The lowest BCUT2D eigenvalue weighted by molar-refractivity contribution is 0.346. The first kappa shape index (κ1) is 9.65. The largest absolute Gasteiger partial charge is 0.339 e. The van der Waals surface area contributed by atoms with Crippen molar-refractivity contribution >= 4 is 0 Å². The Morgan fingerprint density at radius 2 is 2.36 bits per heavy atom. The normalized spacial score (nSPS) is 16.9. The first-order valence-corrected chi connectivity index (χ1v) is 5.43. The summed E-state index contributed by atoms with van der Waals surface area (Å²) in [6.07, 6.45) is 4.61. The van der Waals surface area contributed by atoms with Crippen molar-refractivity contribution in [3.05, 3.63) is 11.7 Å². The molecule has 0 radical (unpaired) electrons. The van der Waals surface area contributed by atoms with Crippen molar-refractivity contribution in [2.45, 2.75) is 38.5 Å². The van der Waals surface area contributed by atoms with Gasteiger partial charge in [0.1, 0.15) is 0 Å². The highest BCUT2D eigenvalue weighted by Gasteiger charge is 2.24. The average Bonchev–Trinajstić information content (AvgIpc) is 2.51. The minimum Gasteiger partial charge on any atom is -0.339 e. The Bertz CT molecular complexity index is 281. The van der Waals surface area contributed by atoms with Gasteiger partial charge < -0.3 is 9.84 Å². The molecule has 0 amide bonds. The zero-order chi connectivity index (χ0) is 9.80. The van der Waals surface area contributed by atoms with E-state index in [1.54, 1.807) is 0 Å². The third kappa shape index (κ3) is 2.12. The molecular formula is C10H17N3O. The van der Waals surface area contributed by atoms with Crippen LogP contribution in [0.1, 0.15) is 43.8 Å². The average molecular weight is 195 g/mol. The standard InChI is InChI=1S/C10H17N3O/c1-2-11-7-6-9-12-10(13-14-9)8-4-3-5-8/h8,11H,2-7H2,1H3. The number of likely N-dealkylation sites (N-methyl/N-ethyl adjacent to an activating group) is 1. The van der Waals surface area contributed by atoms with Crippen molar-refractivity contribution in [3.8, 4) is 0 Å². The molecule has 1 aliphatic rings. The van der Waals surface area contributed by atoms with Gasteiger partial charge >= 0.3 is 0 Å². The fourth-order valence-corrected chi connectivity index (χ4v) is 1.57. The predicted molar refractivity (Wildman–Crippen MR) is 53.1 cm³/mol. The molecule has 1 aliphatic carbocycles. The van der Waals surface area contributed by atoms with Gasteiger partial charge in [-0.05, 0) is 19.4 Å². The topological polar surface area (TPSA) is 51.0 Å². The molecule has 4 heteroatoms. The highest BCUT2D eigenvalue weighted by Crippen LogP contribution is 2.34. The van der Waals surface area contributed by atoms with Crippen LogP contribution >= 0.6 is 0 Å². The maximum absolute atomic E-state index is 5.17. The van der Waals surface area contributed by atoms with Gasteiger partial charge in [-0.15, -0.1) is 0 Å². The molecule has 1 fully saturated rings. The molecule has 1 aromatic rings. The molecule has 1 aromatic heterocycles. The van der Waals surface area contributed by atoms with Crippen molar-refractivity contribution in [2.24, 2.45) is 0 Å². The number of hydrogen-bond acceptors (Lipinski definition) is 4. The van der Waals surface area contributed by atoms with Crippen molar-refractivity contribution in [1.29, 1.82) is 0 Å². The van der Waals surface area contributed by atoms with Gasteiger partial charge in [0.2, 0.25) is 5.89 Å². The Balaban J connectivity index is 1.83. The maximum Gasteiger partial charge on any atom is 0.227 e. The molecular weight excluding hydrogens is 178 g/mol. The first-order valence-electron chi connectivity index (χ1n) is 5.43. The second kappa shape index (κ2) is 4.55. The van der Waals surface area contributed by atoms with Crippen molar-refractivity contribution in [1.82, 2.24) is 15.5 Å². The minimum absolute atomic E-state index is 0.576. The van der Waals surface area contributed by atoms with E-state index in [2.05, 4.69) is 22.4 Å². The molecule has 78 valence electrons. The van der Waals surface area contributed by atoms with Crippen LogP contribution in [0.3, 0.4) is 0 Å². The third-order valence-electron chi connectivity index (χ3n) is 2.72. The maximum atomic E-state index is 5.17. The molecule has 1 heterocycles. The molecule has 0 spiro atoms. The Hall–Kier alpha value is -0.900. The van der Waals surface area contributed by atoms with Gasteiger partial charge in [-0.2, -0.15) is 4.98 Å². The van der Waals surface area contributed by atoms with Gasteiger partial charge in [0, 0.05) is 18.9 Å². The number of rotatable bonds is 5. The Morgan fingerprint density at radius 3 is 3.00 bits per heavy atom. The SMILES string of the molecule is CCNCCc1nc(C2CCC2)no1. The molecule has 0 atom stereocenters. The summed E-state index contributed by atoms with van der Waals surface area (Å²) in [5, 5.41) is 7.24. The number of aromatic nitrogens is 2. The fourth-order valence-electron chi connectivity index (χ4n) is 1.57. The molecule has 0 aliphatic heterocycles. The quantitative estimate of drug-likeness (QED) is 0.723. The molecule has 0 bridgehead atoms. The highest BCUT2D eigenvalue weighted by atomic mass is 16.5. The second-order valence-electron chi connectivity index (χ2n) is 3.78. The summed E-state index contributed by atoms with van der Waals surface area (Å²) < 4.78 is 5.17. The van der Waals surface area contributed by atoms with Crippen molar-refractivity contribution in [3.63, 3.8) is 0 Å². The van der Waals surface area contributed by atoms with E-state index in [-0.39, 0.29) is 0 Å². The van der Waals surface area contributed by atoms with Crippen LogP contribution in [-0.4, -0.2) is 23.2 Å². The molecule has 1 saturated carbocycles. The molecule has 4 nitrogen and oxygen atoms in total. The third-order valence-corrected chi connectivity index (χ3v) is 2.72. The monoisotopic (exact) mass is 195 g/mol. The van der Waals surface area contributed by atoms with Gasteiger partial charge in [0.15, 0.2) is 5.82 Å². The van der Waals surface area contributed by atoms with Crippen LogP contribution in [0.5, 0.6) is 0 Å². The van der Waals surface area contributed by atoms with E-state index in [0.29, 0.717) is 5.92 Å². The van der Waals surface area contributed by atoms with E-state index < -0.39 is 0 Å². The van der Waals surface area contributed by atoms with E-state index in [4.69, 9.17) is 4.52 Å². The fraction of sp³-hybridized carbons (Fsp3) is 0.800. The molecule has 1 N–H and O–H groups in total. The van der Waals surface area contributed by atoms with E-state index in [0.717, 1.165) is 31.2 Å². The number of nitrogens with one attached hydrogen (secondary N) is 1. The zero-order valence-corrected chi connectivity index (χ0v) is 8.62. The van der Waals surface area contributed by atoms with Gasteiger partial charge in [0.05, 0.1) is 0 Å². The Morgan fingerprint density at radius 1 is 1.50 bits per heavy atom. The first-order chi connectivity index (χ1) is 6.90. The number of hydrogen-bond donors (Lipinski definition) is 1.